The van der Waals surface area contributed by atoms with Crippen LogP contribution in [-0.2, 0) is 34.1 Å². The molecule has 0 aliphatic carbocycles. The van der Waals surface area contributed by atoms with Gasteiger partial charge in [-0.25, -0.2) is 4.79 Å². The summed E-state index contributed by atoms with van der Waals surface area (Å²) in [5, 5.41) is 5.19. The summed E-state index contributed by atoms with van der Waals surface area (Å²) >= 11 is 0. The molecule has 0 aromatic heterocycles. The average molecular weight is 546 g/mol. The zero-order valence-corrected chi connectivity index (χ0v) is 22.0. The van der Waals surface area contributed by atoms with Crippen LogP contribution in [0.4, 0.5) is 4.79 Å². The second-order valence-electron chi connectivity index (χ2n) is 9.24. The van der Waals surface area contributed by atoms with Gasteiger partial charge in [-0.1, -0.05) is 27.7 Å². The molecule has 1 unspecified atom stereocenters. The van der Waals surface area contributed by atoms with E-state index < -0.39 is 81.9 Å². The summed E-state index contributed by atoms with van der Waals surface area (Å²) in [5.74, 6) is -4.62. The predicted octanol–water partition coefficient (Wildman–Crippen LogP) is -1.14. The lowest BCUT2D eigenvalue weighted by atomic mass is 9.96. The smallest absolute Gasteiger partial charge is 0.312 e. The molecule has 0 aromatic carbocycles. The Bertz CT molecular complexity index is 1020. The largest absolute Gasteiger partial charge is 0.352 e. The third-order valence-electron chi connectivity index (χ3n) is 5.61. The van der Waals surface area contributed by atoms with E-state index in [0.29, 0.717) is 11.3 Å². The molecule has 0 saturated heterocycles. The van der Waals surface area contributed by atoms with E-state index in [1.54, 1.807) is 27.7 Å². The van der Waals surface area contributed by atoms with Gasteiger partial charge in [0.25, 0.3) is 21.9 Å². The fraction of sp³-hybridized carbons (Fsp3) is 0.636. The molecule has 0 radical (unpaired) electrons. The van der Waals surface area contributed by atoms with Crippen LogP contribution in [0.2, 0.25) is 0 Å². The van der Waals surface area contributed by atoms with Crippen LogP contribution in [0.25, 0.3) is 0 Å². The summed E-state index contributed by atoms with van der Waals surface area (Å²) in [5.41, 5.74) is 5.02. The molecule has 3 atom stereocenters. The zero-order chi connectivity index (χ0) is 28.5. The Morgan fingerprint density at radius 2 is 1.54 bits per heavy atom. The van der Waals surface area contributed by atoms with Gasteiger partial charge in [0.2, 0.25) is 11.8 Å². The molecular weight excluding hydrogens is 510 g/mol. The van der Waals surface area contributed by atoms with Crippen LogP contribution in [0, 0.1) is 11.8 Å². The van der Waals surface area contributed by atoms with Crippen molar-refractivity contribution in [2.24, 2.45) is 17.6 Å². The van der Waals surface area contributed by atoms with Gasteiger partial charge in [-0.3, -0.25) is 33.4 Å². The number of Topliss-reactive ketones (excluding diaryl/α,β-unsaturated/α-hetero) is 1. The fourth-order valence-electron chi connectivity index (χ4n) is 3.56. The molecular formula is C22H35N5O9S. The van der Waals surface area contributed by atoms with Crippen LogP contribution in [0.5, 0.6) is 0 Å². The third kappa shape index (κ3) is 9.92. The van der Waals surface area contributed by atoms with Crippen molar-refractivity contribution < 1.29 is 41.7 Å². The minimum atomic E-state index is -4.97. The molecule has 0 spiro atoms. The van der Waals surface area contributed by atoms with E-state index in [1.165, 1.54) is 0 Å². The quantitative estimate of drug-likeness (QED) is 0.0951. The molecule has 0 aromatic rings. The first-order valence-corrected chi connectivity index (χ1v) is 13.2. The summed E-state index contributed by atoms with van der Waals surface area (Å²) in [4.78, 5) is 73.5. The molecule has 15 heteroatoms. The molecule has 0 bridgehead atoms. The molecule has 208 valence electrons. The van der Waals surface area contributed by atoms with E-state index in [9.17, 15) is 41.7 Å². The SMILES string of the molecule is CC(C)C(=O)[C@H](CCCNC(N)=O)NC(=O)C(NC(=O)[C@H](CCN1C(=O)C=CC1=O)S(=O)(=O)O)C(C)C. The summed E-state index contributed by atoms with van der Waals surface area (Å²) in [6.45, 7) is 6.17. The van der Waals surface area contributed by atoms with Crippen molar-refractivity contribution in [3.8, 4) is 0 Å². The van der Waals surface area contributed by atoms with Crippen molar-refractivity contribution in [1.29, 1.82) is 0 Å². The molecule has 14 nitrogen and oxygen atoms in total. The van der Waals surface area contributed by atoms with Crippen molar-refractivity contribution in [1.82, 2.24) is 20.9 Å². The number of rotatable bonds is 15. The van der Waals surface area contributed by atoms with E-state index in [2.05, 4.69) is 16.0 Å². The van der Waals surface area contributed by atoms with Gasteiger partial charge < -0.3 is 21.7 Å². The minimum Gasteiger partial charge on any atom is -0.352 e. The molecule has 6 amide bonds. The molecule has 37 heavy (non-hydrogen) atoms. The summed E-state index contributed by atoms with van der Waals surface area (Å²) in [7, 11) is -4.97. The van der Waals surface area contributed by atoms with Gasteiger partial charge in [0.05, 0.1) is 6.04 Å². The van der Waals surface area contributed by atoms with Crippen molar-refractivity contribution >= 4 is 45.6 Å². The number of nitrogens with one attached hydrogen (secondary N) is 3. The highest BCUT2D eigenvalue weighted by molar-refractivity contribution is 7.87. The van der Waals surface area contributed by atoms with Gasteiger partial charge in [-0.05, 0) is 25.2 Å². The van der Waals surface area contributed by atoms with Crippen LogP contribution in [0.3, 0.4) is 0 Å². The lowest BCUT2D eigenvalue weighted by Crippen LogP contribution is -2.56. The Kier molecular flexibility index (Phi) is 11.9. The Balaban J connectivity index is 2.97. The highest BCUT2D eigenvalue weighted by atomic mass is 32.2. The maximum Gasteiger partial charge on any atom is 0.312 e. The number of ketones is 1. The van der Waals surface area contributed by atoms with Gasteiger partial charge in [-0.2, -0.15) is 8.42 Å². The Morgan fingerprint density at radius 3 is 2.00 bits per heavy atom. The number of nitrogens with zero attached hydrogens (tertiary/aromatic N) is 1. The van der Waals surface area contributed by atoms with E-state index in [1.807, 2.05) is 0 Å². The molecule has 1 aliphatic heterocycles. The predicted molar refractivity (Wildman–Crippen MR) is 131 cm³/mol. The molecule has 0 fully saturated rings. The van der Waals surface area contributed by atoms with E-state index >= 15 is 0 Å². The number of hydrogen-bond acceptors (Lipinski definition) is 8. The topological polar surface area (TPSA) is 222 Å². The third-order valence-corrected chi connectivity index (χ3v) is 6.78. The number of imide groups is 1. The highest BCUT2D eigenvalue weighted by Crippen LogP contribution is 2.13. The van der Waals surface area contributed by atoms with Crippen molar-refractivity contribution in [2.45, 2.75) is 64.3 Å². The van der Waals surface area contributed by atoms with E-state index in [0.717, 1.165) is 12.2 Å². The molecule has 6 N–H and O–H groups in total. The first-order chi connectivity index (χ1) is 17.1. The Labute approximate surface area is 215 Å². The summed E-state index contributed by atoms with van der Waals surface area (Å²) < 4.78 is 33.4. The van der Waals surface area contributed by atoms with Crippen LogP contribution >= 0.6 is 0 Å². The van der Waals surface area contributed by atoms with Gasteiger partial charge in [0.15, 0.2) is 11.0 Å². The van der Waals surface area contributed by atoms with Gasteiger partial charge >= 0.3 is 6.03 Å². The number of primary amides is 1. The molecule has 0 saturated carbocycles. The molecule has 1 aliphatic rings. The lowest BCUT2D eigenvalue weighted by molar-refractivity contribution is -0.137. The monoisotopic (exact) mass is 545 g/mol. The first kappa shape index (κ1) is 31.7. The van der Waals surface area contributed by atoms with Gasteiger partial charge in [0.1, 0.15) is 6.04 Å². The molecule has 1 heterocycles. The van der Waals surface area contributed by atoms with Crippen molar-refractivity contribution in [2.75, 3.05) is 13.1 Å². The standard InChI is InChI=1S/C22H35N5O9S/c1-12(2)18(21(32)25-14(19(30)13(3)4)6-5-10-24-22(23)33)26-20(31)15(37(34,35)36)9-11-27-16(28)7-8-17(27)29/h7-8,12-15,18H,5-6,9-11H2,1-4H3,(H,25,32)(H,26,31)(H3,23,24,33)(H,34,35,36)/t14-,15-,18?/m0/s1. The summed E-state index contributed by atoms with van der Waals surface area (Å²) in [6.07, 6.45) is 1.86. The van der Waals surface area contributed by atoms with E-state index in [-0.39, 0.29) is 18.7 Å². The lowest BCUT2D eigenvalue weighted by Gasteiger charge is -2.27. The van der Waals surface area contributed by atoms with Crippen LogP contribution in [0.1, 0.15) is 47.0 Å². The van der Waals surface area contributed by atoms with Crippen LogP contribution < -0.4 is 21.7 Å². The molecule has 1 rings (SSSR count). The minimum absolute atomic E-state index is 0.168. The highest BCUT2D eigenvalue weighted by Gasteiger charge is 2.37. The van der Waals surface area contributed by atoms with Crippen LogP contribution in [-0.4, -0.2) is 83.7 Å². The maximum atomic E-state index is 13.0. The second-order valence-corrected chi connectivity index (χ2v) is 10.8. The normalized spacial score (nSPS) is 16.0. The number of amides is 6. The first-order valence-electron chi connectivity index (χ1n) is 11.7. The average Bonchev–Trinajstić information content (AvgIpc) is 3.09. The number of carbonyl (C=O) groups is 6. The Morgan fingerprint density at radius 1 is 0.973 bits per heavy atom. The number of hydrogen-bond donors (Lipinski definition) is 5. The number of urea groups is 1. The van der Waals surface area contributed by atoms with Crippen molar-refractivity contribution in [3.05, 3.63) is 12.2 Å². The van der Waals surface area contributed by atoms with Gasteiger partial charge in [0, 0.05) is 31.2 Å². The Hall–Kier alpha value is -3.33. The van der Waals surface area contributed by atoms with Gasteiger partial charge in [-0.15, -0.1) is 0 Å². The second kappa shape index (κ2) is 13.8. The zero-order valence-electron chi connectivity index (χ0n) is 21.2. The summed E-state index contributed by atoms with van der Waals surface area (Å²) in [6, 6.07) is -2.96. The number of carbonyl (C=O) groups excluding carboxylic acids is 6. The van der Waals surface area contributed by atoms with E-state index in [4.69, 9.17) is 5.73 Å². The van der Waals surface area contributed by atoms with Crippen LogP contribution in [0.15, 0.2) is 12.2 Å². The maximum absolute atomic E-state index is 13.0. The van der Waals surface area contributed by atoms with Crippen molar-refractivity contribution in [3.63, 3.8) is 0 Å². The fourth-order valence-corrected chi connectivity index (χ4v) is 4.30. The number of nitrogens with two attached hydrogens (primary N) is 1.